The van der Waals surface area contributed by atoms with Gasteiger partial charge in [0.2, 0.25) is 11.0 Å². The molecule has 1 fully saturated rings. The molecule has 0 aliphatic carbocycles. The Bertz CT molecular complexity index is 314. The molecule has 14 heavy (non-hydrogen) atoms. The zero-order valence-corrected chi connectivity index (χ0v) is 9.48. The van der Waals surface area contributed by atoms with E-state index in [-0.39, 0.29) is 11.3 Å². The van der Waals surface area contributed by atoms with Crippen LogP contribution in [0.2, 0.25) is 0 Å². The largest absolute Gasteiger partial charge is 0.273 e. The highest BCUT2D eigenvalue weighted by molar-refractivity contribution is 8.01. The van der Waals surface area contributed by atoms with E-state index in [1.54, 1.807) is 22.2 Å². The molecule has 1 atom stereocenters. The van der Waals surface area contributed by atoms with Crippen molar-refractivity contribution in [3.8, 4) is 0 Å². The maximum absolute atomic E-state index is 11.6. The van der Waals surface area contributed by atoms with Gasteiger partial charge in [0, 0.05) is 0 Å². The lowest BCUT2D eigenvalue weighted by Crippen LogP contribution is -2.32. The number of nitrogens with zero attached hydrogens (tertiary/aromatic N) is 3. The average Bonchev–Trinajstić information content (AvgIpc) is 2.76. The van der Waals surface area contributed by atoms with E-state index in [1.807, 2.05) is 0 Å². The summed E-state index contributed by atoms with van der Waals surface area (Å²) in [6, 6.07) is 0. The van der Waals surface area contributed by atoms with E-state index in [2.05, 4.69) is 17.1 Å². The van der Waals surface area contributed by atoms with E-state index in [0.29, 0.717) is 5.75 Å². The molecule has 0 radical (unpaired) electrons. The number of anilines is 1. The van der Waals surface area contributed by atoms with Gasteiger partial charge in [-0.1, -0.05) is 24.7 Å². The third-order valence-corrected chi connectivity index (χ3v) is 3.98. The zero-order chi connectivity index (χ0) is 9.97. The Morgan fingerprint density at radius 2 is 2.57 bits per heavy atom. The molecule has 0 spiro atoms. The minimum atomic E-state index is 0.158. The summed E-state index contributed by atoms with van der Waals surface area (Å²) in [6.45, 7) is 2.13. The molecule has 4 nitrogen and oxygen atoms in total. The highest BCUT2D eigenvalue weighted by Crippen LogP contribution is 2.33. The number of hydrogen-bond acceptors (Lipinski definition) is 5. The van der Waals surface area contributed by atoms with Crippen LogP contribution in [0.25, 0.3) is 0 Å². The Morgan fingerprint density at radius 1 is 1.71 bits per heavy atom. The topological polar surface area (TPSA) is 46.1 Å². The molecule has 1 aliphatic heterocycles. The molecular formula is C8H11N3OS2. The van der Waals surface area contributed by atoms with Gasteiger partial charge in [-0.25, -0.2) is 0 Å². The van der Waals surface area contributed by atoms with Gasteiger partial charge in [0.15, 0.2) is 0 Å². The molecule has 0 aromatic carbocycles. The molecule has 76 valence electrons. The summed E-state index contributed by atoms with van der Waals surface area (Å²) in [7, 11) is 0. The number of aromatic nitrogens is 2. The van der Waals surface area contributed by atoms with E-state index in [1.165, 1.54) is 11.3 Å². The Labute approximate surface area is 90.7 Å². The molecule has 1 aromatic heterocycles. The van der Waals surface area contributed by atoms with Crippen LogP contribution in [0.4, 0.5) is 5.13 Å². The van der Waals surface area contributed by atoms with Crippen molar-refractivity contribution in [2.75, 3.05) is 10.7 Å². The second-order valence-electron chi connectivity index (χ2n) is 3.04. The van der Waals surface area contributed by atoms with Crippen molar-refractivity contribution in [2.45, 2.75) is 25.1 Å². The quantitative estimate of drug-likeness (QED) is 0.792. The van der Waals surface area contributed by atoms with Crippen LogP contribution in [0.5, 0.6) is 0 Å². The van der Waals surface area contributed by atoms with Crippen molar-refractivity contribution in [3.63, 3.8) is 0 Å². The van der Waals surface area contributed by atoms with Crippen LogP contribution < -0.4 is 4.90 Å². The number of carbonyl (C=O) groups is 1. The highest BCUT2D eigenvalue weighted by Gasteiger charge is 2.33. The van der Waals surface area contributed by atoms with Gasteiger partial charge in [0.1, 0.15) is 5.51 Å². The molecule has 0 bridgehead atoms. The standard InChI is InChI=1S/C8H11N3OS2/c1-2-3-7-11(6(12)4-13-7)8-10-9-5-14-8/h5,7H,2-4H2,1H3/t7-/m1/s1. The summed E-state index contributed by atoms with van der Waals surface area (Å²) in [5, 5.41) is 8.70. The lowest BCUT2D eigenvalue weighted by atomic mass is 10.3. The first-order valence-corrected chi connectivity index (χ1v) is 6.45. The number of thioether (sulfide) groups is 1. The summed E-state index contributed by atoms with van der Waals surface area (Å²) >= 11 is 3.12. The van der Waals surface area contributed by atoms with E-state index < -0.39 is 0 Å². The summed E-state index contributed by atoms with van der Waals surface area (Å²) in [5.74, 6) is 0.731. The molecule has 0 unspecified atom stereocenters. The van der Waals surface area contributed by atoms with Crippen molar-refractivity contribution < 1.29 is 4.79 Å². The van der Waals surface area contributed by atoms with Gasteiger partial charge < -0.3 is 0 Å². The van der Waals surface area contributed by atoms with Gasteiger partial charge in [-0.3, -0.25) is 9.69 Å². The third-order valence-electron chi connectivity index (χ3n) is 2.05. The average molecular weight is 229 g/mol. The molecule has 2 heterocycles. The van der Waals surface area contributed by atoms with Crippen LogP contribution in [0, 0.1) is 0 Å². The van der Waals surface area contributed by atoms with Crippen molar-refractivity contribution in [1.29, 1.82) is 0 Å². The lowest BCUT2D eigenvalue weighted by molar-refractivity contribution is -0.115. The monoisotopic (exact) mass is 229 g/mol. The van der Waals surface area contributed by atoms with Crippen molar-refractivity contribution in [3.05, 3.63) is 5.51 Å². The first-order valence-electron chi connectivity index (χ1n) is 4.52. The number of rotatable bonds is 3. The van der Waals surface area contributed by atoms with Crippen molar-refractivity contribution in [2.24, 2.45) is 0 Å². The molecule has 0 saturated carbocycles. The van der Waals surface area contributed by atoms with E-state index in [4.69, 9.17) is 0 Å². The van der Waals surface area contributed by atoms with Crippen molar-refractivity contribution in [1.82, 2.24) is 10.2 Å². The van der Waals surface area contributed by atoms with Crippen LogP contribution >= 0.6 is 23.1 Å². The van der Waals surface area contributed by atoms with E-state index in [0.717, 1.165) is 18.0 Å². The highest BCUT2D eigenvalue weighted by atomic mass is 32.2. The minimum absolute atomic E-state index is 0.158. The Hall–Kier alpha value is -0.620. The fourth-order valence-corrected chi connectivity index (χ4v) is 3.37. The second kappa shape index (κ2) is 4.27. The molecule has 1 amide bonds. The zero-order valence-electron chi connectivity index (χ0n) is 7.84. The smallest absolute Gasteiger partial charge is 0.239 e. The maximum Gasteiger partial charge on any atom is 0.239 e. The fraction of sp³-hybridized carbons (Fsp3) is 0.625. The summed E-state index contributed by atoms with van der Waals surface area (Å²) in [5.41, 5.74) is 1.66. The first-order chi connectivity index (χ1) is 6.83. The van der Waals surface area contributed by atoms with E-state index in [9.17, 15) is 4.79 Å². The maximum atomic E-state index is 11.6. The Balaban J connectivity index is 2.17. The molecule has 6 heteroatoms. The minimum Gasteiger partial charge on any atom is -0.273 e. The summed E-state index contributed by atoms with van der Waals surface area (Å²) in [4.78, 5) is 13.4. The van der Waals surface area contributed by atoms with Gasteiger partial charge in [0.05, 0.1) is 11.1 Å². The molecular weight excluding hydrogens is 218 g/mol. The lowest BCUT2D eigenvalue weighted by Gasteiger charge is -2.19. The van der Waals surface area contributed by atoms with Gasteiger partial charge in [-0.2, -0.15) is 0 Å². The van der Waals surface area contributed by atoms with Crippen LogP contribution in [-0.4, -0.2) is 27.2 Å². The van der Waals surface area contributed by atoms with Gasteiger partial charge >= 0.3 is 0 Å². The molecule has 2 rings (SSSR count). The Morgan fingerprint density at radius 3 is 3.21 bits per heavy atom. The molecule has 1 aromatic rings. The normalized spacial score (nSPS) is 21.9. The van der Waals surface area contributed by atoms with Gasteiger partial charge in [-0.05, 0) is 6.42 Å². The summed E-state index contributed by atoms with van der Waals surface area (Å²) < 4.78 is 0. The predicted octanol–water partition coefficient (Wildman–Crippen LogP) is 1.74. The van der Waals surface area contributed by atoms with Crippen LogP contribution in [0.3, 0.4) is 0 Å². The first kappa shape index (κ1) is 9.92. The molecule has 1 saturated heterocycles. The third kappa shape index (κ3) is 1.76. The van der Waals surface area contributed by atoms with Gasteiger partial charge in [0.25, 0.3) is 0 Å². The van der Waals surface area contributed by atoms with E-state index >= 15 is 0 Å². The molecule has 1 aliphatic rings. The second-order valence-corrected chi connectivity index (χ2v) is 5.02. The van der Waals surface area contributed by atoms with Gasteiger partial charge in [-0.15, -0.1) is 22.0 Å². The number of hydrogen-bond donors (Lipinski definition) is 0. The predicted molar refractivity (Wildman–Crippen MR) is 58.5 cm³/mol. The van der Waals surface area contributed by atoms with Crippen LogP contribution in [0.15, 0.2) is 5.51 Å². The Kier molecular flexibility index (Phi) is 3.02. The van der Waals surface area contributed by atoms with Crippen LogP contribution in [0.1, 0.15) is 19.8 Å². The number of amides is 1. The van der Waals surface area contributed by atoms with Crippen molar-refractivity contribution >= 4 is 34.1 Å². The summed E-state index contributed by atoms with van der Waals surface area (Å²) in [6.07, 6.45) is 2.11. The SMILES string of the molecule is CCC[C@H]1SCC(=O)N1c1nncs1. The fourth-order valence-electron chi connectivity index (χ4n) is 1.43. The van der Waals surface area contributed by atoms with Crippen LogP contribution in [-0.2, 0) is 4.79 Å². The number of carbonyl (C=O) groups excluding carboxylic acids is 1. The molecule has 0 N–H and O–H groups in total.